The third-order valence-corrected chi connectivity index (χ3v) is 2.10. The number of amides is 1. The van der Waals surface area contributed by atoms with Crippen molar-refractivity contribution in [3.63, 3.8) is 0 Å². The first-order valence-corrected chi connectivity index (χ1v) is 4.66. The highest BCUT2D eigenvalue weighted by molar-refractivity contribution is 5.65. The number of carboxylic acid groups (broad SMARTS) is 1. The number of rotatable bonds is 4. The van der Waals surface area contributed by atoms with Crippen LogP contribution in [0.5, 0.6) is 0 Å². The third kappa shape index (κ3) is 3.95. The number of carbonyl (C=O) groups is 1. The molecular formula is C10H14N2O3. The molecule has 0 radical (unpaired) electrons. The summed E-state index contributed by atoms with van der Waals surface area (Å²) >= 11 is 0. The van der Waals surface area contributed by atoms with Gasteiger partial charge < -0.3 is 15.5 Å². The fraction of sp³-hybridized carbons (Fsp3) is 0.400. The summed E-state index contributed by atoms with van der Waals surface area (Å²) in [6.07, 6.45) is 1.86. The van der Waals surface area contributed by atoms with Crippen molar-refractivity contribution in [3.8, 4) is 0 Å². The van der Waals surface area contributed by atoms with Crippen LogP contribution in [0.15, 0.2) is 24.5 Å². The molecule has 1 aromatic heterocycles. The molecule has 1 amide bonds. The van der Waals surface area contributed by atoms with Gasteiger partial charge in [-0.05, 0) is 31.0 Å². The van der Waals surface area contributed by atoms with Crippen molar-refractivity contribution in [1.82, 2.24) is 10.3 Å². The topological polar surface area (TPSA) is 82.5 Å². The molecule has 82 valence electrons. The SMILES string of the molecule is CC(O)[C@@H](Cc1ccncc1)NC(=O)O. The summed E-state index contributed by atoms with van der Waals surface area (Å²) < 4.78 is 0. The maximum Gasteiger partial charge on any atom is 0.404 e. The standard InChI is InChI=1S/C10H14N2O3/c1-7(13)9(12-10(14)15)6-8-2-4-11-5-3-8/h2-5,7,9,12-13H,6H2,1H3,(H,14,15)/t7?,9-/m1/s1. The average molecular weight is 210 g/mol. The van der Waals surface area contributed by atoms with Gasteiger partial charge in [0.05, 0.1) is 12.1 Å². The van der Waals surface area contributed by atoms with E-state index in [1.807, 2.05) is 0 Å². The summed E-state index contributed by atoms with van der Waals surface area (Å²) in [5.41, 5.74) is 0.935. The van der Waals surface area contributed by atoms with E-state index in [-0.39, 0.29) is 0 Å². The Kier molecular flexibility index (Phi) is 4.05. The zero-order chi connectivity index (χ0) is 11.3. The maximum absolute atomic E-state index is 10.5. The predicted octanol–water partition coefficient (Wildman–Crippen LogP) is 0.641. The van der Waals surface area contributed by atoms with Crippen LogP contribution in [-0.2, 0) is 6.42 Å². The fourth-order valence-electron chi connectivity index (χ4n) is 1.27. The molecule has 1 rings (SSSR count). The third-order valence-electron chi connectivity index (χ3n) is 2.10. The smallest absolute Gasteiger partial charge is 0.404 e. The lowest BCUT2D eigenvalue weighted by Crippen LogP contribution is -2.42. The van der Waals surface area contributed by atoms with Crippen molar-refractivity contribution < 1.29 is 15.0 Å². The van der Waals surface area contributed by atoms with Gasteiger partial charge in [0.25, 0.3) is 0 Å². The first-order chi connectivity index (χ1) is 7.09. The monoisotopic (exact) mass is 210 g/mol. The van der Waals surface area contributed by atoms with Crippen molar-refractivity contribution in [2.75, 3.05) is 0 Å². The Labute approximate surface area is 87.8 Å². The van der Waals surface area contributed by atoms with Gasteiger partial charge >= 0.3 is 6.09 Å². The average Bonchev–Trinajstić information content (AvgIpc) is 2.17. The normalized spacial score (nSPS) is 14.3. The predicted molar refractivity (Wildman–Crippen MR) is 54.6 cm³/mol. The minimum atomic E-state index is -1.13. The molecule has 1 aromatic rings. The van der Waals surface area contributed by atoms with E-state index >= 15 is 0 Å². The van der Waals surface area contributed by atoms with Crippen LogP contribution in [0.3, 0.4) is 0 Å². The molecule has 0 aliphatic carbocycles. The van der Waals surface area contributed by atoms with Crippen LogP contribution >= 0.6 is 0 Å². The van der Waals surface area contributed by atoms with E-state index in [1.54, 1.807) is 31.5 Å². The molecule has 2 atom stereocenters. The van der Waals surface area contributed by atoms with Crippen LogP contribution in [-0.4, -0.2) is 33.4 Å². The van der Waals surface area contributed by atoms with E-state index in [0.717, 1.165) is 5.56 Å². The van der Waals surface area contributed by atoms with Crippen molar-refractivity contribution in [1.29, 1.82) is 0 Å². The van der Waals surface area contributed by atoms with E-state index in [1.165, 1.54) is 0 Å². The number of pyridine rings is 1. The quantitative estimate of drug-likeness (QED) is 0.681. The van der Waals surface area contributed by atoms with Crippen LogP contribution in [0.2, 0.25) is 0 Å². The minimum Gasteiger partial charge on any atom is -0.465 e. The lowest BCUT2D eigenvalue weighted by molar-refractivity contribution is 0.133. The van der Waals surface area contributed by atoms with Crippen molar-refractivity contribution >= 4 is 6.09 Å². The number of aliphatic hydroxyl groups excluding tert-OH is 1. The maximum atomic E-state index is 10.5. The summed E-state index contributed by atoms with van der Waals surface area (Å²) in [5, 5.41) is 20.2. The Hall–Kier alpha value is -1.62. The zero-order valence-electron chi connectivity index (χ0n) is 8.42. The summed E-state index contributed by atoms with van der Waals surface area (Å²) in [7, 11) is 0. The summed E-state index contributed by atoms with van der Waals surface area (Å²) in [6, 6.07) is 3.09. The molecule has 1 unspecified atom stereocenters. The molecule has 5 nitrogen and oxygen atoms in total. The summed E-state index contributed by atoms with van der Waals surface area (Å²) in [5.74, 6) is 0. The molecule has 0 saturated carbocycles. The van der Waals surface area contributed by atoms with Gasteiger partial charge in [0, 0.05) is 12.4 Å². The van der Waals surface area contributed by atoms with Gasteiger partial charge in [-0.2, -0.15) is 0 Å². The van der Waals surface area contributed by atoms with Gasteiger partial charge in [-0.3, -0.25) is 4.98 Å². The first kappa shape index (κ1) is 11.5. The molecular weight excluding hydrogens is 196 g/mol. The summed E-state index contributed by atoms with van der Waals surface area (Å²) in [6.45, 7) is 1.56. The minimum absolute atomic E-state index is 0.451. The second-order valence-corrected chi connectivity index (χ2v) is 3.36. The molecule has 15 heavy (non-hydrogen) atoms. The zero-order valence-corrected chi connectivity index (χ0v) is 8.42. The highest BCUT2D eigenvalue weighted by atomic mass is 16.4. The van der Waals surface area contributed by atoms with Crippen LogP contribution in [0.4, 0.5) is 4.79 Å². The van der Waals surface area contributed by atoms with Crippen LogP contribution in [0.25, 0.3) is 0 Å². The van der Waals surface area contributed by atoms with Gasteiger partial charge in [0.2, 0.25) is 0 Å². The number of nitrogens with zero attached hydrogens (tertiary/aromatic N) is 1. The molecule has 5 heteroatoms. The highest BCUT2D eigenvalue weighted by Crippen LogP contribution is 2.05. The van der Waals surface area contributed by atoms with E-state index in [9.17, 15) is 9.90 Å². The van der Waals surface area contributed by atoms with E-state index < -0.39 is 18.2 Å². The van der Waals surface area contributed by atoms with Crippen molar-refractivity contribution in [3.05, 3.63) is 30.1 Å². The Morgan fingerprint density at radius 3 is 2.60 bits per heavy atom. The van der Waals surface area contributed by atoms with Crippen molar-refractivity contribution in [2.24, 2.45) is 0 Å². The number of nitrogens with one attached hydrogen (secondary N) is 1. The second-order valence-electron chi connectivity index (χ2n) is 3.36. The van der Waals surface area contributed by atoms with Gasteiger partial charge in [-0.25, -0.2) is 4.79 Å². The Morgan fingerprint density at radius 2 is 2.13 bits per heavy atom. The van der Waals surface area contributed by atoms with E-state index in [2.05, 4.69) is 10.3 Å². The lowest BCUT2D eigenvalue weighted by Gasteiger charge is -2.19. The van der Waals surface area contributed by atoms with Crippen LogP contribution in [0, 0.1) is 0 Å². The van der Waals surface area contributed by atoms with E-state index in [0.29, 0.717) is 6.42 Å². The Morgan fingerprint density at radius 1 is 1.53 bits per heavy atom. The first-order valence-electron chi connectivity index (χ1n) is 4.66. The van der Waals surface area contributed by atoms with Gasteiger partial charge in [0.15, 0.2) is 0 Å². The Bertz CT molecular complexity index is 314. The largest absolute Gasteiger partial charge is 0.465 e. The van der Waals surface area contributed by atoms with Gasteiger partial charge in [-0.15, -0.1) is 0 Å². The second kappa shape index (κ2) is 5.31. The molecule has 1 heterocycles. The van der Waals surface area contributed by atoms with Crippen LogP contribution < -0.4 is 5.32 Å². The van der Waals surface area contributed by atoms with Gasteiger partial charge in [-0.1, -0.05) is 0 Å². The molecule has 0 saturated heterocycles. The lowest BCUT2D eigenvalue weighted by atomic mass is 10.0. The number of hydrogen-bond acceptors (Lipinski definition) is 3. The Balaban J connectivity index is 2.63. The van der Waals surface area contributed by atoms with Crippen molar-refractivity contribution in [2.45, 2.75) is 25.5 Å². The highest BCUT2D eigenvalue weighted by Gasteiger charge is 2.17. The number of aromatic nitrogens is 1. The van der Waals surface area contributed by atoms with Gasteiger partial charge in [0.1, 0.15) is 0 Å². The van der Waals surface area contributed by atoms with E-state index in [4.69, 9.17) is 5.11 Å². The molecule has 3 N–H and O–H groups in total. The fourth-order valence-corrected chi connectivity index (χ4v) is 1.27. The van der Waals surface area contributed by atoms with Crippen LogP contribution in [0.1, 0.15) is 12.5 Å². The summed E-state index contributed by atoms with van der Waals surface area (Å²) in [4.78, 5) is 14.3. The molecule has 0 aliphatic heterocycles. The molecule has 0 bridgehead atoms. The molecule has 0 fully saturated rings. The number of hydrogen-bond donors (Lipinski definition) is 3. The molecule has 0 aromatic carbocycles. The molecule has 0 spiro atoms. The number of aliphatic hydroxyl groups is 1. The molecule has 0 aliphatic rings.